The van der Waals surface area contributed by atoms with Gasteiger partial charge >= 0.3 is 0 Å². The van der Waals surface area contributed by atoms with E-state index < -0.39 is 0 Å². The zero-order valence-electron chi connectivity index (χ0n) is 17.8. The topological polar surface area (TPSA) is 42.2 Å². The van der Waals surface area contributed by atoms with Gasteiger partial charge in [0.1, 0.15) is 5.82 Å². The highest BCUT2D eigenvalue weighted by molar-refractivity contribution is 5.21. The first-order valence-electron chi connectivity index (χ1n) is 10.9. The summed E-state index contributed by atoms with van der Waals surface area (Å²) in [5.41, 5.74) is 2.27. The van der Waals surface area contributed by atoms with Crippen LogP contribution >= 0.6 is 0 Å². The average Bonchev–Trinajstić information content (AvgIpc) is 3.17. The first-order valence-corrected chi connectivity index (χ1v) is 10.9. The average molecular weight is 408 g/mol. The van der Waals surface area contributed by atoms with Crippen LogP contribution in [0.4, 0.5) is 4.39 Å². The molecule has 0 radical (unpaired) electrons. The molecule has 0 amide bonds. The Labute approximate surface area is 178 Å². The summed E-state index contributed by atoms with van der Waals surface area (Å²) in [5, 5.41) is 4.16. The molecule has 0 aliphatic heterocycles. The lowest BCUT2D eigenvalue weighted by Gasteiger charge is -2.37. The Morgan fingerprint density at radius 1 is 1.03 bits per heavy atom. The monoisotopic (exact) mass is 407 g/mol. The van der Waals surface area contributed by atoms with Gasteiger partial charge in [-0.1, -0.05) is 47.6 Å². The van der Waals surface area contributed by atoms with E-state index in [1.807, 2.05) is 30.3 Å². The van der Waals surface area contributed by atoms with Gasteiger partial charge in [0.25, 0.3) is 0 Å². The largest absolute Gasteiger partial charge is 0.339 e. The third-order valence-corrected chi connectivity index (χ3v) is 6.26. The highest BCUT2D eigenvalue weighted by Crippen LogP contribution is 2.40. The third kappa shape index (κ3) is 5.14. The molecule has 5 heteroatoms. The number of rotatable bonds is 7. The molecule has 4 nitrogen and oxygen atoms in total. The van der Waals surface area contributed by atoms with Crippen molar-refractivity contribution in [1.82, 2.24) is 15.0 Å². The van der Waals surface area contributed by atoms with Crippen molar-refractivity contribution in [2.24, 2.45) is 11.8 Å². The van der Waals surface area contributed by atoms with E-state index in [1.54, 1.807) is 6.07 Å². The van der Waals surface area contributed by atoms with Gasteiger partial charge in [-0.15, -0.1) is 0 Å². The number of nitrogens with zero attached hydrogens (tertiary/aromatic N) is 3. The quantitative estimate of drug-likeness (QED) is 0.522. The molecule has 1 saturated carbocycles. The molecule has 1 aliphatic carbocycles. The minimum atomic E-state index is -0.157. The number of hydrogen-bond acceptors (Lipinski definition) is 4. The van der Waals surface area contributed by atoms with Crippen LogP contribution in [-0.4, -0.2) is 29.1 Å². The summed E-state index contributed by atoms with van der Waals surface area (Å²) in [6.07, 6.45) is 6.10. The minimum absolute atomic E-state index is 0.157. The summed E-state index contributed by atoms with van der Waals surface area (Å²) in [5.74, 6) is 2.45. The molecule has 158 valence electrons. The first-order chi connectivity index (χ1) is 14.6. The smallest absolute Gasteiger partial charge is 0.226 e. The number of aromatic nitrogens is 2. The summed E-state index contributed by atoms with van der Waals surface area (Å²) in [4.78, 5) is 6.84. The van der Waals surface area contributed by atoms with E-state index in [0.717, 1.165) is 49.4 Å². The second-order valence-corrected chi connectivity index (χ2v) is 8.72. The third-order valence-electron chi connectivity index (χ3n) is 6.26. The standard InChI is InChI=1S/C25H30FN3O/c1-29(2)25(21-9-6-10-22(26)17-21)20-13-11-19(12-14-20)16-24-27-23(28-30-24)15-18-7-4-3-5-8-18/h3-10,17,19-20,25H,11-16H2,1-2H3. The number of halogens is 1. The van der Waals surface area contributed by atoms with Gasteiger partial charge in [-0.3, -0.25) is 0 Å². The maximum atomic E-state index is 13.8. The Balaban J connectivity index is 1.33. The van der Waals surface area contributed by atoms with Gasteiger partial charge in [0.2, 0.25) is 5.89 Å². The van der Waals surface area contributed by atoms with Crippen LogP contribution in [0.2, 0.25) is 0 Å². The van der Waals surface area contributed by atoms with Crippen molar-refractivity contribution in [2.45, 2.75) is 44.6 Å². The fourth-order valence-electron chi connectivity index (χ4n) is 4.86. The zero-order chi connectivity index (χ0) is 20.9. The van der Waals surface area contributed by atoms with Crippen molar-refractivity contribution in [3.05, 3.63) is 83.3 Å². The predicted octanol–water partition coefficient (Wildman–Crippen LogP) is 5.45. The molecule has 3 aromatic rings. The lowest BCUT2D eigenvalue weighted by atomic mass is 9.75. The van der Waals surface area contributed by atoms with Crippen molar-refractivity contribution in [3.63, 3.8) is 0 Å². The molecule has 1 heterocycles. The Hall–Kier alpha value is -2.53. The van der Waals surface area contributed by atoms with Gasteiger partial charge in [-0.2, -0.15) is 4.98 Å². The Kier molecular flexibility index (Phi) is 6.58. The van der Waals surface area contributed by atoms with E-state index in [1.165, 1.54) is 11.6 Å². The molecule has 2 aromatic carbocycles. The molecule has 1 aromatic heterocycles. The molecular weight excluding hydrogens is 377 g/mol. The molecule has 0 N–H and O–H groups in total. The summed E-state index contributed by atoms with van der Waals surface area (Å²) < 4.78 is 19.3. The fourth-order valence-corrected chi connectivity index (χ4v) is 4.86. The first kappa shape index (κ1) is 20.7. The molecule has 1 fully saturated rings. The second kappa shape index (κ2) is 9.52. The van der Waals surface area contributed by atoms with Crippen LogP contribution in [0.15, 0.2) is 59.1 Å². The van der Waals surface area contributed by atoms with E-state index in [0.29, 0.717) is 18.3 Å². The highest BCUT2D eigenvalue weighted by atomic mass is 19.1. The van der Waals surface area contributed by atoms with E-state index in [2.05, 4.69) is 41.3 Å². The van der Waals surface area contributed by atoms with Gasteiger partial charge in [0.05, 0.1) is 0 Å². The lowest BCUT2D eigenvalue weighted by Crippen LogP contribution is -2.30. The normalized spacial score (nSPS) is 20.4. The van der Waals surface area contributed by atoms with Crippen molar-refractivity contribution in [2.75, 3.05) is 14.1 Å². The van der Waals surface area contributed by atoms with Crippen LogP contribution in [-0.2, 0) is 12.8 Å². The molecule has 0 bridgehead atoms. The van der Waals surface area contributed by atoms with E-state index in [4.69, 9.17) is 4.52 Å². The molecule has 0 saturated heterocycles. The molecule has 30 heavy (non-hydrogen) atoms. The van der Waals surface area contributed by atoms with E-state index >= 15 is 0 Å². The molecule has 0 spiro atoms. The van der Waals surface area contributed by atoms with Crippen LogP contribution in [0.3, 0.4) is 0 Å². The molecule has 4 rings (SSSR count). The summed E-state index contributed by atoms with van der Waals surface area (Å²) >= 11 is 0. The highest BCUT2D eigenvalue weighted by Gasteiger charge is 2.31. The Morgan fingerprint density at radius 2 is 1.80 bits per heavy atom. The second-order valence-electron chi connectivity index (χ2n) is 8.72. The van der Waals surface area contributed by atoms with Crippen LogP contribution in [0.1, 0.15) is 54.6 Å². The van der Waals surface area contributed by atoms with Crippen LogP contribution in [0.5, 0.6) is 0 Å². The summed E-state index contributed by atoms with van der Waals surface area (Å²) in [6.45, 7) is 0. The van der Waals surface area contributed by atoms with E-state index in [9.17, 15) is 4.39 Å². The summed E-state index contributed by atoms with van der Waals surface area (Å²) in [6, 6.07) is 17.5. The van der Waals surface area contributed by atoms with Gasteiger partial charge in [-0.05, 0) is 74.9 Å². The van der Waals surface area contributed by atoms with Gasteiger partial charge in [0, 0.05) is 18.9 Å². The Morgan fingerprint density at radius 3 is 2.50 bits per heavy atom. The minimum Gasteiger partial charge on any atom is -0.339 e. The van der Waals surface area contributed by atoms with Crippen molar-refractivity contribution >= 4 is 0 Å². The van der Waals surface area contributed by atoms with Crippen LogP contribution in [0.25, 0.3) is 0 Å². The number of hydrogen-bond donors (Lipinski definition) is 0. The predicted molar refractivity (Wildman–Crippen MR) is 116 cm³/mol. The summed E-state index contributed by atoms with van der Waals surface area (Å²) in [7, 11) is 4.18. The van der Waals surface area contributed by atoms with E-state index in [-0.39, 0.29) is 11.9 Å². The molecular formula is C25H30FN3O. The maximum Gasteiger partial charge on any atom is 0.226 e. The van der Waals surface area contributed by atoms with Crippen molar-refractivity contribution in [1.29, 1.82) is 0 Å². The Bertz CT molecular complexity index is 932. The SMILES string of the molecule is CN(C)C(c1cccc(F)c1)C1CCC(Cc2nc(Cc3ccccc3)no2)CC1. The molecule has 1 unspecified atom stereocenters. The van der Waals surface area contributed by atoms with Crippen molar-refractivity contribution < 1.29 is 8.91 Å². The van der Waals surface area contributed by atoms with Crippen molar-refractivity contribution in [3.8, 4) is 0 Å². The zero-order valence-corrected chi connectivity index (χ0v) is 17.8. The fraction of sp³-hybridized carbons (Fsp3) is 0.440. The van der Waals surface area contributed by atoms with Crippen LogP contribution in [0, 0.1) is 17.7 Å². The van der Waals surface area contributed by atoms with Crippen LogP contribution < -0.4 is 0 Å². The molecule has 1 aliphatic rings. The lowest BCUT2D eigenvalue weighted by molar-refractivity contribution is 0.145. The van der Waals surface area contributed by atoms with Gasteiger partial charge in [0.15, 0.2) is 5.82 Å². The maximum absolute atomic E-state index is 13.8. The number of benzene rings is 2. The molecule has 1 atom stereocenters. The van der Waals surface area contributed by atoms with Gasteiger partial charge < -0.3 is 9.42 Å². The van der Waals surface area contributed by atoms with Gasteiger partial charge in [-0.25, -0.2) is 4.39 Å².